The fourth-order valence-electron chi connectivity index (χ4n) is 1.77. The van der Waals surface area contributed by atoms with Crippen LogP contribution in [0, 0.1) is 0 Å². The molecule has 21 heavy (non-hydrogen) atoms. The maximum absolute atomic E-state index is 11.6. The van der Waals surface area contributed by atoms with Gasteiger partial charge in [-0.1, -0.05) is 28.1 Å². The van der Waals surface area contributed by atoms with Crippen molar-refractivity contribution in [3.05, 3.63) is 34.3 Å². The highest BCUT2D eigenvalue weighted by atomic mass is 79.9. The highest BCUT2D eigenvalue weighted by Gasteiger charge is 2.21. The van der Waals surface area contributed by atoms with Crippen LogP contribution in [0.5, 0.6) is 0 Å². The van der Waals surface area contributed by atoms with Crippen LogP contribution < -0.4 is 11.1 Å². The Labute approximate surface area is 130 Å². The largest absolute Gasteiger partial charge is 0.480 e. The lowest BCUT2D eigenvalue weighted by molar-refractivity contribution is -0.143. The van der Waals surface area contributed by atoms with Gasteiger partial charge in [0.25, 0.3) is 0 Å². The molecule has 0 spiro atoms. The minimum Gasteiger partial charge on any atom is -0.480 e. The fraction of sp³-hybridized carbons (Fsp3) is 0.357. The van der Waals surface area contributed by atoms with Gasteiger partial charge in [0.05, 0.1) is 6.42 Å². The Morgan fingerprint density at radius 2 is 1.86 bits per heavy atom. The van der Waals surface area contributed by atoms with Crippen molar-refractivity contribution in [2.75, 3.05) is 0 Å². The van der Waals surface area contributed by atoms with Crippen LogP contribution in [0.25, 0.3) is 0 Å². The Balaban J connectivity index is 2.37. The van der Waals surface area contributed by atoms with Crippen LogP contribution in [0.2, 0.25) is 0 Å². The van der Waals surface area contributed by atoms with E-state index in [0.717, 1.165) is 10.0 Å². The van der Waals surface area contributed by atoms with Gasteiger partial charge in [-0.15, -0.1) is 0 Å². The van der Waals surface area contributed by atoms with Crippen LogP contribution in [0.3, 0.4) is 0 Å². The maximum Gasteiger partial charge on any atom is 0.326 e. The van der Waals surface area contributed by atoms with Gasteiger partial charge in [0, 0.05) is 10.9 Å². The van der Waals surface area contributed by atoms with E-state index in [1.807, 2.05) is 24.3 Å². The number of rotatable bonds is 8. The molecule has 0 saturated carbocycles. The molecule has 0 radical (unpaired) electrons. The van der Waals surface area contributed by atoms with Gasteiger partial charge in [-0.3, -0.25) is 9.59 Å². The van der Waals surface area contributed by atoms with E-state index in [1.165, 1.54) is 0 Å². The van der Waals surface area contributed by atoms with E-state index in [2.05, 4.69) is 21.2 Å². The average Bonchev–Trinajstić information content (AvgIpc) is 2.39. The molecule has 1 aromatic carbocycles. The van der Waals surface area contributed by atoms with Gasteiger partial charge in [-0.25, -0.2) is 4.79 Å². The molecule has 1 atom stereocenters. The number of primary amides is 1. The first-order valence-electron chi connectivity index (χ1n) is 6.43. The van der Waals surface area contributed by atoms with Gasteiger partial charge in [0.1, 0.15) is 6.04 Å². The van der Waals surface area contributed by atoms with E-state index in [-0.39, 0.29) is 6.42 Å². The Kier molecular flexibility index (Phi) is 6.87. The lowest BCUT2D eigenvalue weighted by Gasteiger charge is -2.12. The summed E-state index contributed by atoms with van der Waals surface area (Å²) < 4.78 is 0.986. The van der Waals surface area contributed by atoms with E-state index in [9.17, 15) is 14.4 Å². The number of aryl methyl sites for hydroxylation is 1. The quantitative estimate of drug-likeness (QED) is 0.650. The van der Waals surface area contributed by atoms with Crippen molar-refractivity contribution in [3.63, 3.8) is 0 Å². The maximum atomic E-state index is 11.6. The van der Waals surface area contributed by atoms with Gasteiger partial charge in [0.2, 0.25) is 11.8 Å². The number of carbonyl (C=O) groups is 3. The first-order chi connectivity index (χ1) is 9.88. The molecule has 0 saturated heterocycles. The van der Waals surface area contributed by atoms with E-state index in [1.54, 1.807) is 0 Å². The summed E-state index contributed by atoms with van der Waals surface area (Å²) in [6.45, 7) is 0. The standard InChI is InChI=1S/C14H17BrN2O4/c15-10-6-4-9(5-7-10)2-1-3-13(19)17-11(14(20)21)8-12(16)18/h4-7,11H,1-3,8H2,(H2,16,18)(H,17,19)(H,20,21)/t11-/m1/s1. The third-order valence-electron chi connectivity index (χ3n) is 2.82. The summed E-state index contributed by atoms with van der Waals surface area (Å²) in [6, 6.07) is 6.48. The third-order valence-corrected chi connectivity index (χ3v) is 3.35. The van der Waals surface area contributed by atoms with Crippen molar-refractivity contribution < 1.29 is 19.5 Å². The molecule has 0 fully saturated rings. The third kappa shape index (κ3) is 6.89. The Morgan fingerprint density at radius 3 is 2.38 bits per heavy atom. The number of carboxylic acid groups (broad SMARTS) is 1. The molecule has 0 unspecified atom stereocenters. The molecule has 1 aromatic rings. The van der Waals surface area contributed by atoms with Crippen molar-refractivity contribution >= 4 is 33.7 Å². The molecule has 4 N–H and O–H groups in total. The number of hydrogen-bond donors (Lipinski definition) is 3. The molecule has 7 heteroatoms. The van der Waals surface area contributed by atoms with Gasteiger partial charge >= 0.3 is 5.97 Å². The molecule has 1 rings (SSSR count). The molecule has 0 aromatic heterocycles. The van der Waals surface area contributed by atoms with Crippen LogP contribution >= 0.6 is 15.9 Å². The zero-order valence-electron chi connectivity index (χ0n) is 11.3. The summed E-state index contributed by atoms with van der Waals surface area (Å²) in [5.74, 6) is -2.44. The average molecular weight is 357 g/mol. The Hall–Kier alpha value is -1.89. The van der Waals surface area contributed by atoms with Gasteiger partial charge in [-0.05, 0) is 30.5 Å². The number of nitrogens with one attached hydrogen (secondary N) is 1. The summed E-state index contributed by atoms with van der Waals surface area (Å²) in [4.78, 5) is 33.2. The highest BCUT2D eigenvalue weighted by Crippen LogP contribution is 2.12. The number of hydrogen-bond acceptors (Lipinski definition) is 3. The molecule has 2 amide bonds. The molecule has 0 heterocycles. The molecule has 0 aliphatic rings. The van der Waals surface area contributed by atoms with Crippen molar-refractivity contribution in [1.82, 2.24) is 5.32 Å². The number of aliphatic carboxylic acids is 1. The van der Waals surface area contributed by atoms with E-state index in [0.29, 0.717) is 12.8 Å². The number of nitrogens with two attached hydrogens (primary N) is 1. The van der Waals surface area contributed by atoms with E-state index >= 15 is 0 Å². The van der Waals surface area contributed by atoms with Gasteiger partial charge < -0.3 is 16.2 Å². The molecular weight excluding hydrogens is 340 g/mol. The van der Waals surface area contributed by atoms with Crippen LogP contribution in [-0.4, -0.2) is 28.9 Å². The summed E-state index contributed by atoms with van der Waals surface area (Å²) in [7, 11) is 0. The first kappa shape index (κ1) is 17.2. The minimum absolute atomic E-state index is 0.193. The SMILES string of the molecule is NC(=O)C[C@@H](NC(=O)CCCc1ccc(Br)cc1)C(=O)O. The van der Waals surface area contributed by atoms with Crippen LogP contribution in [-0.2, 0) is 20.8 Å². The predicted molar refractivity (Wildman–Crippen MR) is 80.5 cm³/mol. The molecular formula is C14H17BrN2O4. The molecule has 0 aliphatic carbocycles. The van der Waals surface area contributed by atoms with Crippen molar-refractivity contribution in [2.24, 2.45) is 5.73 Å². The lowest BCUT2D eigenvalue weighted by Crippen LogP contribution is -2.43. The van der Waals surface area contributed by atoms with Crippen LogP contribution in [0.1, 0.15) is 24.8 Å². The van der Waals surface area contributed by atoms with Crippen molar-refractivity contribution in [2.45, 2.75) is 31.7 Å². The minimum atomic E-state index is -1.27. The number of carboxylic acids is 1. The van der Waals surface area contributed by atoms with E-state index < -0.39 is 30.2 Å². The second-order valence-electron chi connectivity index (χ2n) is 4.61. The number of benzene rings is 1. The second-order valence-corrected chi connectivity index (χ2v) is 5.52. The Morgan fingerprint density at radius 1 is 1.24 bits per heavy atom. The van der Waals surface area contributed by atoms with Crippen molar-refractivity contribution in [1.29, 1.82) is 0 Å². The van der Waals surface area contributed by atoms with Crippen molar-refractivity contribution in [3.8, 4) is 0 Å². The summed E-state index contributed by atoms with van der Waals surface area (Å²) in [5, 5.41) is 11.2. The normalized spacial score (nSPS) is 11.7. The monoisotopic (exact) mass is 356 g/mol. The van der Waals surface area contributed by atoms with Gasteiger partial charge in [-0.2, -0.15) is 0 Å². The first-order valence-corrected chi connectivity index (χ1v) is 7.22. The topological polar surface area (TPSA) is 109 Å². The predicted octanol–water partition coefficient (Wildman–Crippen LogP) is 1.22. The summed E-state index contributed by atoms with van der Waals surface area (Å²) >= 11 is 3.34. The highest BCUT2D eigenvalue weighted by molar-refractivity contribution is 9.10. The fourth-order valence-corrected chi connectivity index (χ4v) is 2.04. The number of carbonyl (C=O) groups excluding carboxylic acids is 2. The summed E-state index contributed by atoms with van der Waals surface area (Å²) in [5.41, 5.74) is 6.03. The second kappa shape index (κ2) is 8.41. The van der Waals surface area contributed by atoms with E-state index in [4.69, 9.17) is 10.8 Å². The molecule has 114 valence electrons. The smallest absolute Gasteiger partial charge is 0.326 e. The van der Waals surface area contributed by atoms with Crippen LogP contribution in [0.4, 0.5) is 0 Å². The van der Waals surface area contributed by atoms with Crippen LogP contribution in [0.15, 0.2) is 28.7 Å². The number of amides is 2. The Bertz CT molecular complexity index is 516. The lowest BCUT2D eigenvalue weighted by atomic mass is 10.1. The molecule has 0 bridgehead atoms. The summed E-state index contributed by atoms with van der Waals surface area (Å²) in [6.07, 6.45) is 1.09. The molecule has 0 aliphatic heterocycles. The van der Waals surface area contributed by atoms with Gasteiger partial charge in [0.15, 0.2) is 0 Å². The zero-order chi connectivity index (χ0) is 15.8. The molecule has 6 nitrogen and oxygen atoms in total. The number of halogens is 1. The zero-order valence-corrected chi connectivity index (χ0v) is 12.9.